The van der Waals surface area contributed by atoms with Gasteiger partial charge in [-0.15, -0.1) is 11.8 Å². The molecule has 94 valence electrons. The average Bonchev–Trinajstić information content (AvgIpc) is 2.38. The van der Waals surface area contributed by atoms with Gasteiger partial charge in [-0.2, -0.15) is 0 Å². The molecule has 1 aromatic rings. The molecule has 1 fully saturated rings. The molecular formula is C14H20FNS. The van der Waals surface area contributed by atoms with E-state index in [4.69, 9.17) is 5.73 Å². The van der Waals surface area contributed by atoms with E-state index in [0.717, 1.165) is 10.6 Å². The van der Waals surface area contributed by atoms with E-state index in [1.165, 1.54) is 38.2 Å². The Bertz CT molecular complexity index is 350. The predicted octanol–water partition coefficient (Wildman–Crippen LogP) is 3.83. The summed E-state index contributed by atoms with van der Waals surface area (Å²) < 4.78 is 13.4. The van der Waals surface area contributed by atoms with Gasteiger partial charge in [-0.1, -0.05) is 31.4 Å². The van der Waals surface area contributed by atoms with Crippen LogP contribution in [-0.2, 0) is 0 Å². The van der Waals surface area contributed by atoms with Gasteiger partial charge < -0.3 is 5.73 Å². The van der Waals surface area contributed by atoms with Crippen LogP contribution < -0.4 is 5.73 Å². The minimum Gasteiger partial charge on any atom is -0.327 e. The Kier molecular flexibility index (Phi) is 4.86. The van der Waals surface area contributed by atoms with Crippen LogP contribution in [0.2, 0.25) is 0 Å². The summed E-state index contributed by atoms with van der Waals surface area (Å²) >= 11 is 1.55. The molecule has 0 aromatic heterocycles. The minimum atomic E-state index is -0.131. The van der Waals surface area contributed by atoms with Gasteiger partial charge in [0.15, 0.2) is 0 Å². The van der Waals surface area contributed by atoms with Crippen LogP contribution in [0.25, 0.3) is 0 Å². The molecule has 1 unspecified atom stereocenters. The van der Waals surface area contributed by atoms with Gasteiger partial charge >= 0.3 is 0 Å². The highest BCUT2D eigenvalue weighted by Crippen LogP contribution is 2.29. The summed E-state index contributed by atoms with van der Waals surface area (Å²) in [6.45, 7) is 0. The maximum atomic E-state index is 13.4. The molecule has 1 aliphatic rings. The van der Waals surface area contributed by atoms with Crippen molar-refractivity contribution >= 4 is 11.8 Å². The van der Waals surface area contributed by atoms with E-state index in [0.29, 0.717) is 5.92 Å². The molecule has 1 atom stereocenters. The average molecular weight is 253 g/mol. The molecule has 0 amide bonds. The second-order valence-corrected chi connectivity index (χ2v) is 5.87. The predicted molar refractivity (Wildman–Crippen MR) is 71.7 cm³/mol. The number of hydrogen-bond acceptors (Lipinski definition) is 2. The largest absolute Gasteiger partial charge is 0.327 e. The number of halogens is 1. The molecule has 0 radical (unpaired) electrons. The van der Waals surface area contributed by atoms with Gasteiger partial charge in [-0.3, -0.25) is 0 Å². The SMILES string of the molecule is NC(CSc1ccccc1F)C1CCCCC1. The second-order valence-electron chi connectivity index (χ2n) is 4.80. The van der Waals surface area contributed by atoms with E-state index in [2.05, 4.69) is 0 Å². The van der Waals surface area contributed by atoms with Crippen molar-refractivity contribution in [3.8, 4) is 0 Å². The highest BCUT2D eigenvalue weighted by Gasteiger charge is 2.20. The Morgan fingerprint density at radius 2 is 1.94 bits per heavy atom. The Morgan fingerprint density at radius 3 is 2.65 bits per heavy atom. The zero-order chi connectivity index (χ0) is 12.1. The van der Waals surface area contributed by atoms with E-state index in [1.807, 2.05) is 12.1 Å². The van der Waals surface area contributed by atoms with E-state index in [-0.39, 0.29) is 11.9 Å². The Balaban J connectivity index is 1.83. The van der Waals surface area contributed by atoms with Gasteiger partial charge in [0.1, 0.15) is 5.82 Å². The molecule has 0 bridgehead atoms. The van der Waals surface area contributed by atoms with Crippen LogP contribution >= 0.6 is 11.8 Å². The molecule has 0 spiro atoms. The van der Waals surface area contributed by atoms with E-state index in [1.54, 1.807) is 17.8 Å². The van der Waals surface area contributed by atoms with Crippen LogP contribution in [-0.4, -0.2) is 11.8 Å². The van der Waals surface area contributed by atoms with Gasteiger partial charge in [0.2, 0.25) is 0 Å². The fourth-order valence-electron chi connectivity index (χ4n) is 2.45. The normalized spacial score (nSPS) is 19.2. The molecular weight excluding hydrogens is 233 g/mol. The van der Waals surface area contributed by atoms with Crippen molar-refractivity contribution in [1.82, 2.24) is 0 Å². The van der Waals surface area contributed by atoms with Crippen LogP contribution in [0.4, 0.5) is 4.39 Å². The fourth-order valence-corrected chi connectivity index (χ4v) is 3.47. The zero-order valence-corrected chi connectivity index (χ0v) is 10.9. The van der Waals surface area contributed by atoms with Crippen molar-refractivity contribution in [3.05, 3.63) is 30.1 Å². The van der Waals surface area contributed by atoms with Gasteiger partial charge in [-0.25, -0.2) is 4.39 Å². The maximum absolute atomic E-state index is 13.4. The molecule has 0 saturated heterocycles. The molecule has 1 aromatic carbocycles. The van der Waals surface area contributed by atoms with Gasteiger partial charge in [-0.05, 0) is 30.9 Å². The second kappa shape index (κ2) is 6.41. The van der Waals surface area contributed by atoms with Crippen LogP contribution in [0.1, 0.15) is 32.1 Å². The third-order valence-corrected chi connectivity index (χ3v) is 4.72. The van der Waals surface area contributed by atoms with Crippen molar-refractivity contribution < 1.29 is 4.39 Å². The lowest BCUT2D eigenvalue weighted by Crippen LogP contribution is -2.33. The quantitative estimate of drug-likeness (QED) is 0.825. The number of hydrogen-bond donors (Lipinski definition) is 1. The highest BCUT2D eigenvalue weighted by molar-refractivity contribution is 7.99. The summed E-state index contributed by atoms with van der Waals surface area (Å²) in [5, 5.41) is 0. The van der Waals surface area contributed by atoms with E-state index < -0.39 is 0 Å². The molecule has 3 heteroatoms. The summed E-state index contributed by atoms with van der Waals surface area (Å²) in [5.41, 5.74) is 6.20. The van der Waals surface area contributed by atoms with Crippen molar-refractivity contribution in [3.63, 3.8) is 0 Å². The van der Waals surface area contributed by atoms with Crippen molar-refractivity contribution in [1.29, 1.82) is 0 Å². The number of benzene rings is 1. The van der Waals surface area contributed by atoms with Crippen LogP contribution in [0, 0.1) is 11.7 Å². The highest BCUT2D eigenvalue weighted by atomic mass is 32.2. The lowest BCUT2D eigenvalue weighted by atomic mass is 9.85. The van der Waals surface area contributed by atoms with Crippen LogP contribution in [0.15, 0.2) is 29.2 Å². The molecule has 0 heterocycles. The summed E-state index contributed by atoms with van der Waals surface area (Å²) in [7, 11) is 0. The fraction of sp³-hybridized carbons (Fsp3) is 0.571. The van der Waals surface area contributed by atoms with E-state index in [9.17, 15) is 4.39 Å². The number of thioether (sulfide) groups is 1. The molecule has 1 aliphatic carbocycles. The number of nitrogens with two attached hydrogens (primary N) is 1. The lowest BCUT2D eigenvalue weighted by Gasteiger charge is -2.27. The van der Waals surface area contributed by atoms with Gasteiger partial charge in [0.25, 0.3) is 0 Å². The van der Waals surface area contributed by atoms with Crippen LogP contribution in [0.5, 0.6) is 0 Å². The third-order valence-electron chi connectivity index (χ3n) is 3.52. The summed E-state index contributed by atoms with van der Waals surface area (Å²) in [4.78, 5) is 0.721. The first-order chi connectivity index (χ1) is 8.27. The Morgan fingerprint density at radius 1 is 1.24 bits per heavy atom. The van der Waals surface area contributed by atoms with Crippen LogP contribution in [0.3, 0.4) is 0 Å². The topological polar surface area (TPSA) is 26.0 Å². The lowest BCUT2D eigenvalue weighted by molar-refractivity contribution is 0.319. The first kappa shape index (κ1) is 12.9. The molecule has 2 rings (SSSR count). The molecule has 0 aliphatic heterocycles. The van der Waals surface area contributed by atoms with Crippen molar-refractivity contribution in [2.24, 2.45) is 11.7 Å². The minimum absolute atomic E-state index is 0.131. The molecule has 1 saturated carbocycles. The van der Waals surface area contributed by atoms with E-state index >= 15 is 0 Å². The molecule has 1 nitrogen and oxygen atoms in total. The first-order valence-corrected chi connectivity index (χ1v) is 7.39. The standard InChI is InChI=1S/C14H20FNS/c15-12-8-4-5-9-14(12)17-10-13(16)11-6-2-1-3-7-11/h4-5,8-9,11,13H,1-3,6-7,10,16H2. The summed E-state index contributed by atoms with van der Waals surface area (Å²) in [6, 6.07) is 7.14. The monoisotopic (exact) mass is 253 g/mol. The van der Waals surface area contributed by atoms with Gasteiger partial charge in [0, 0.05) is 16.7 Å². The van der Waals surface area contributed by atoms with Gasteiger partial charge in [0.05, 0.1) is 0 Å². The smallest absolute Gasteiger partial charge is 0.136 e. The maximum Gasteiger partial charge on any atom is 0.136 e. The van der Waals surface area contributed by atoms with Crippen molar-refractivity contribution in [2.45, 2.75) is 43.0 Å². The first-order valence-electron chi connectivity index (χ1n) is 6.40. The number of rotatable bonds is 4. The summed E-state index contributed by atoms with van der Waals surface area (Å²) in [6.07, 6.45) is 6.47. The Labute approximate surface area is 107 Å². The zero-order valence-electron chi connectivity index (χ0n) is 10.1. The summed E-state index contributed by atoms with van der Waals surface area (Å²) in [5.74, 6) is 1.34. The Hall–Kier alpha value is -0.540. The third kappa shape index (κ3) is 3.71. The molecule has 17 heavy (non-hydrogen) atoms. The van der Waals surface area contributed by atoms with Crippen molar-refractivity contribution in [2.75, 3.05) is 5.75 Å². The molecule has 2 N–H and O–H groups in total.